The van der Waals surface area contributed by atoms with Gasteiger partial charge in [0.15, 0.2) is 0 Å². The molecule has 0 fully saturated rings. The summed E-state index contributed by atoms with van der Waals surface area (Å²) in [6.45, 7) is 3.97. The van der Waals surface area contributed by atoms with Crippen molar-refractivity contribution in [2.45, 2.75) is 25.8 Å². The summed E-state index contributed by atoms with van der Waals surface area (Å²) in [6.07, 6.45) is 0. The van der Waals surface area contributed by atoms with Crippen LogP contribution in [0.4, 0.5) is 0 Å². The second-order valence-corrected chi connectivity index (χ2v) is 4.04. The fourth-order valence-corrected chi connectivity index (χ4v) is 1.84. The molecule has 0 amide bonds. The molecular formula is C12H17NO2. The molecule has 82 valence electrons. The van der Waals surface area contributed by atoms with Crippen molar-refractivity contribution < 1.29 is 9.90 Å². The molecule has 0 radical (unpaired) electrons. The third-order valence-corrected chi connectivity index (χ3v) is 2.57. The molecule has 0 aliphatic rings. The Kier molecular flexibility index (Phi) is 3.86. The van der Waals surface area contributed by atoms with Crippen LogP contribution in [0.15, 0.2) is 30.3 Å². The SMILES string of the molecule is CC(C)[C@@H](c1ccccc1)[C@H](N)C(=O)O. The minimum Gasteiger partial charge on any atom is -0.480 e. The highest BCUT2D eigenvalue weighted by atomic mass is 16.4. The standard InChI is InChI=1S/C12H17NO2/c1-8(2)10(11(13)12(14)15)9-6-4-3-5-7-9/h3-8,10-11H,13H2,1-2H3,(H,14,15)/t10-,11-/m0/s1. The Morgan fingerprint density at radius 3 is 2.20 bits per heavy atom. The van der Waals surface area contributed by atoms with Crippen molar-refractivity contribution in [3.63, 3.8) is 0 Å². The van der Waals surface area contributed by atoms with Gasteiger partial charge in [-0.1, -0.05) is 44.2 Å². The second kappa shape index (κ2) is 4.94. The molecule has 3 heteroatoms. The molecule has 0 bridgehead atoms. The van der Waals surface area contributed by atoms with E-state index in [1.165, 1.54) is 0 Å². The summed E-state index contributed by atoms with van der Waals surface area (Å²) in [7, 11) is 0. The third-order valence-electron chi connectivity index (χ3n) is 2.57. The van der Waals surface area contributed by atoms with Crippen molar-refractivity contribution in [1.29, 1.82) is 0 Å². The van der Waals surface area contributed by atoms with Crippen LogP contribution in [0.5, 0.6) is 0 Å². The van der Waals surface area contributed by atoms with Crippen molar-refractivity contribution in [2.75, 3.05) is 0 Å². The number of carbonyl (C=O) groups is 1. The van der Waals surface area contributed by atoms with Gasteiger partial charge in [0.05, 0.1) is 0 Å². The van der Waals surface area contributed by atoms with Gasteiger partial charge in [-0.3, -0.25) is 4.79 Å². The molecule has 1 aromatic carbocycles. The van der Waals surface area contributed by atoms with Crippen LogP contribution < -0.4 is 5.73 Å². The number of rotatable bonds is 4. The van der Waals surface area contributed by atoms with Crippen LogP contribution in [-0.2, 0) is 4.79 Å². The van der Waals surface area contributed by atoms with Crippen LogP contribution >= 0.6 is 0 Å². The van der Waals surface area contributed by atoms with Gasteiger partial charge >= 0.3 is 5.97 Å². The summed E-state index contributed by atoms with van der Waals surface area (Å²) < 4.78 is 0. The fourth-order valence-electron chi connectivity index (χ4n) is 1.84. The van der Waals surface area contributed by atoms with Crippen LogP contribution in [0.25, 0.3) is 0 Å². The molecule has 1 aromatic rings. The van der Waals surface area contributed by atoms with Crippen LogP contribution in [0.1, 0.15) is 25.3 Å². The van der Waals surface area contributed by atoms with Gasteiger partial charge in [0.25, 0.3) is 0 Å². The van der Waals surface area contributed by atoms with Crippen LogP contribution in [-0.4, -0.2) is 17.1 Å². The zero-order chi connectivity index (χ0) is 11.4. The van der Waals surface area contributed by atoms with E-state index in [-0.39, 0.29) is 11.8 Å². The summed E-state index contributed by atoms with van der Waals surface area (Å²) >= 11 is 0. The Labute approximate surface area is 89.9 Å². The summed E-state index contributed by atoms with van der Waals surface area (Å²) in [5, 5.41) is 8.94. The summed E-state index contributed by atoms with van der Waals surface area (Å²) in [5.74, 6) is -0.875. The number of hydrogen-bond acceptors (Lipinski definition) is 2. The Bertz CT molecular complexity index is 322. The van der Waals surface area contributed by atoms with Crippen molar-refractivity contribution in [3.05, 3.63) is 35.9 Å². The van der Waals surface area contributed by atoms with E-state index in [1.54, 1.807) is 0 Å². The lowest BCUT2D eigenvalue weighted by atomic mass is 9.83. The molecule has 0 heterocycles. The highest BCUT2D eigenvalue weighted by molar-refractivity contribution is 5.74. The maximum atomic E-state index is 10.9. The summed E-state index contributed by atoms with van der Waals surface area (Å²) in [6, 6.07) is 8.72. The number of nitrogens with two attached hydrogens (primary N) is 1. The van der Waals surface area contributed by atoms with Gasteiger partial charge in [-0.15, -0.1) is 0 Å². The molecule has 0 saturated carbocycles. The molecule has 2 atom stereocenters. The van der Waals surface area contributed by atoms with Crippen molar-refractivity contribution >= 4 is 5.97 Å². The zero-order valence-electron chi connectivity index (χ0n) is 9.05. The Balaban J connectivity index is 2.99. The highest BCUT2D eigenvalue weighted by Crippen LogP contribution is 2.26. The van der Waals surface area contributed by atoms with E-state index in [4.69, 9.17) is 10.8 Å². The Morgan fingerprint density at radius 2 is 1.80 bits per heavy atom. The molecule has 3 N–H and O–H groups in total. The van der Waals surface area contributed by atoms with E-state index in [2.05, 4.69) is 0 Å². The molecular weight excluding hydrogens is 190 g/mol. The molecule has 0 unspecified atom stereocenters. The number of hydrogen-bond donors (Lipinski definition) is 2. The molecule has 0 aliphatic carbocycles. The van der Waals surface area contributed by atoms with Gasteiger partial charge < -0.3 is 10.8 Å². The minimum absolute atomic E-state index is 0.135. The topological polar surface area (TPSA) is 63.3 Å². The predicted octanol–water partition coefficient (Wildman–Crippen LogP) is 1.84. The van der Waals surface area contributed by atoms with Gasteiger partial charge in [0.1, 0.15) is 6.04 Å². The van der Waals surface area contributed by atoms with Crippen molar-refractivity contribution in [2.24, 2.45) is 11.7 Å². The molecule has 0 spiro atoms. The monoisotopic (exact) mass is 207 g/mol. The first-order valence-corrected chi connectivity index (χ1v) is 5.07. The zero-order valence-corrected chi connectivity index (χ0v) is 9.05. The second-order valence-electron chi connectivity index (χ2n) is 4.04. The first-order chi connectivity index (χ1) is 7.04. The van der Waals surface area contributed by atoms with E-state index >= 15 is 0 Å². The molecule has 0 aromatic heterocycles. The average molecular weight is 207 g/mol. The van der Waals surface area contributed by atoms with Crippen LogP contribution in [0.3, 0.4) is 0 Å². The van der Waals surface area contributed by atoms with Gasteiger partial charge in [-0.2, -0.15) is 0 Å². The molecule has 15 heavy (non-hydrogen) atoms. The van der Waals surface area contributed by atoms with E-state index in [0.29, 0.717) is 0 Å². The number of carboxylic acid groups (broad SMARTS) is 1. The van der Waals surface area contributed by atoms with E-state index in [1.807, 2.05) is 44.2 Å². The van der Waals surface area contributed by atoms with Gasteiger partial charge in [0, 0.05) is 5.92 Å². The van der Waals surface area contributed by atoms with Crippen LogP contribution in [0.2, 0.25) is 0 Å². The summed E-state index contributed by atoms with van der Waals surface area (Å²) in [4.78, 5) is 10.9. The minimum atomic E-state index is -0.947. The van der Waals surface area contributed by atoms with E-state index in [0.717, 1.165) is 5.56 Å². The predicted molar refractivity (Wildman–Crippen MR) is 59.6 cm³/mol. The van der Waals surface area contributed by atoms with Crippen LogP contribution in [0, 0.1) is 5.92 Å². The molecule has 1 rings (SSSR count). The first kappa shape index (κ1) is 11.7. The lowest BCUT2D eigenvalue weighted by molar-refractivity contribution is -0.139. The first-order valence-electron chi connectivity index (χ1n) is 5.07. The normalized spacial score (nSPS) is 14.9. The molecule has 0 saturated heterocycles. The lowest BCUT2D eigenvalue weighted by Gasteiger charge is -2.24. The van der Waals surface area contributed by atoms with Gasteiger partial charge in [-0.05, 0) is 11.5 Å². The Hall–Kier alpha value is -1.35. The fraction of sp³-hybridized carbons (Fsp3) is 0.417. The Morgan fingerprint density at radius 1 is 1.27 bits per heavy atom. The maximum Gasteiger partial charge on any atom is 0.321 e. The number of aliphatic carboxylic acids is 1. The third kappa shape index (κ3) is 2.80. The summed E-state index contributed by atoms with van der Waals surface area (Å²) in [5.41, 5.74) is 6.68. The number of carboxylic acids is 1. The van der Waals surface area contributed by atoms with Crippen molar-refractivity contribution in [3.8, 4) is 0 Å². The van der Waals surface area contributed by atoms with Gasteiger partial charge in [-0.25, -0.2) is 0 Å². The van der Waals surface area contributed by atoms with Gasteiger partial charge in [0.2, 0.25) is 0 Å². The van der Waals surface area contributed by atoms with E-state index < -0.39 is 12.0 Å². The lowest BCUT2D eigenvalue weighted by Crippen LogP contribution is -2.38. The average Bonchev–Trinajstić information content (AvgIpc) is 2.18. The van der Waals surface area contributed by atoms with Crippen molar-refractivity contribution in [1.82, 2.24) is 0 Å². The highest BCUT2D eigenvalue weighted by Gasteiger charge is 2.28. The number of benzene rings is 1. The smallest absolute Gasteiger partial charge is 0.321 e. The maximum absolute atomic E-state index is 10.9. The molecule has 0 aliphatic heterocycles. The molecule has 3 nitrogen and oxygen atoms in total. The largest absolute Gasteiger partial charge is 0.480 e. The quantitative estimate of drug-likeness (QED) is 0.791. The van der Waals surface area contributed by atoms with E-state index in [9.17, 15) is 4.79 Å².